The van der Waals surface area contributed by atoms with Crippen molar-refractivity contribution in [2.24, 2.45) is 5.73 Å². The Labute approximate surface area is 219 Å². The number of urea groups is 1. The Balaban J connectivity index is 1.36. The molecule has 1 aromatic carbocycles. The van der Waals surface area contributed by atoms with Gasteiger partial charge in [-0.25, -0.2) is 4.79 Å². The smallest absolute Gasteiger partial charge is 0.315 e. The number of carbonyl (C=O) groups excluding carboxylic acids is 1. The van der Waals surface area contributed by atoms with Crippen LogP contribution < -0.4 is 5.73 Å². The van der Waals surface area contributed by atoms with E-state index in [0.717, 1.165) is 59.7 Å². The number of nitrogens with two attached hydrogens (primary N) is 1. The van der Waals surface area contributed by atoms with Crippen LogP contribution in [0.15, 0.2) is 59.3 Å². The van der Waals surface area contributed by atoms with E-state index in [1.807, 2.05) is 35.4 Å². The van der Waals surface area contributed by atoms with Gasteiger partial charge in [0.15, 0.2) is 0 Å². The molecule has 1 atom stereocenters. The summed E-state index contributed by atoms with van der Waals surface area (Å²) in [4.78, 5) is 25.9. The Morgan fingerprint density at radius 3 is 2.66 bits per heavy atom. The standard InChI is InChI=1S/C27H29BrClN5O/c28-20-15-19-5-4-18-16-21(29)6-7-24(18)26(25(19)32-17-20)33-12-9-23(10-13-33)34(27(30)35)14-8-22-3-1-2-11-31-22/h1-3,6-7,11,15-17,23,26H,4-5,8-10,12-14H2,(H2,30,35). The van der Waals surface area contributed by atoms with Crippen molar-refractivity contribution in [2.45, 2.75) is 44.2 Å². The van der Waals surface area contributed by atoms with E-state index >= 15 is 0 Å². The van der Waals surface area contributed by atoms with Crippen LogP contribution in [-0.2, 0) is 19.3 Å². The highest BCUT2D eigenvalue weighted by molar-refractivity contribution is 9.10. The third kappa shape index (κ3) is 5.37. The minimum absolute atomic E-state index is 0.0735. The Hall–Kier alpha value is -2.48. The molecule has 0 saturated carbocycles. The summed E-state index contributed by atoms with van der Waals surface area (Å²) in [5, 5.41) is 0.770. The number of primary amides is 1. The maximum Gasteiger partial charge on any atom is 0.315 e. The van der Waals surface area contributed by atoms with Crippen molar-refractivity contribution in [3.63, 3.8) is 0 Å². The van der Waals surface area contributed by atoms with Crippen molar-refractivity contribution in [1.29, 1.82) is 0 Å². The van der Waals surface area contributed by atoms with Crippen molar-refractivity contribution in [3.8, 4) is 0 Å². The van der Waals surface area contributed by atoms with Gasteiger partial charge >= 0.3 is 6.03 Å². The fourth-order valence-corrected chi connectivity index (χ4v) is 6.06. The van der Waals surface area contributed by atoms with Crippen LogP contribution in [0, 0.1) is 0 Å². The van der Waals surface area contributed by atoms with E-state index in [9.17, 15) is 4.79 Å². The Bertz CT molecular complexity index is 1150. The maximum absolute atomic E-state index is 12.3. The summed E-state index contributed by atoms with van der Waals surface area (Å²) in [5.74, 6) is 0. The second-order valence-electron chi connectivity index (χ2n) is 9.31. The molecule has 5 rings (SSSR count). The summed E-state index contributed by atoms with van der Waals surface area (Å²) in [6.07, 6.45) is 8.00. The first kappa shape index (κ1) is 24.2. The van der Waals surface area contributed by atoms with Gasteiger partial charge in [-0.2, -0.15) is 0 Å². The lowest BCUT2D eigenvalue weighted by Gasteiger charge is -2.41. The van der Waals surface area contributed by atoms with Gasteiger partial charge in [-0.15, -0.1) is 0 Å². The molecule has 3 aromatic rings. The summed E-state index contributed by atoms with van der Waals surface area (Å²) in [5.41, 5.74) is 11.7. The van der Waals surface area contributed by atoms with E-state index in [1.54, 1.807) is 6.20 Å². The van der Waals surface area contributed by atoms with Crippen LogP contribution in [0.1, 0.15) is 47.0 Å². The van der Waals surface area contributed by atoms with Crippen LogP contribution in [0.3, 0.4) is 0 Å². The quantitative estimate of drug-likeness (QED) is 0.472. The minimum Gasteiger partial charge on any atom is -0.351 e. The van der Waals surface area contributed by atoms with Gasteiger partial charge in [0.05, 0.1) is 11.7 Å². The summed E-state index contributed by atoms with van der Waals surface area (Å²) in [6, 6.07) is 14.1. The molecular formula is C27H29BrClN5O. The van der Waals surface area contributed by atoms with Gasteiger partial charge in [0.1, 0.15) is 0 Å². The molecule has 1 fully saturated rings. The van der Waals surface area contributed by atoms with Crippen LogP contribution in [0.2, 0.25) is 5.02 Å². The number of hydrogen-bond acceptors (Lipinski definition) is 4. The molecule has 3 heterocycles. The summed E-state index contributed by atoms with van der Waals surface area (Å²) >= 11 is 9.96. The van der Waals surface area contributed by atoms with E-state index in [2.05, 4.69) is 44.0 Å². The fraction of sp³-hybridized carbons (Fsp3) is 0.370. The first-order valence-corrected chi connectivity index (χ1v) is 13.3. The van der Waals surface area contributed by atoms with E-state index in [4.69, 9.17) is 22.3 Å². The molecule has 1 aliphatic heterocycles. The highest BCUT2D eigenvalue weighted by Gasteiger charge is 2.34. The third-order valence-electron chi connectivity index (χ3n) is 7.21. The zero-order valence-corrected chi connectivity index (χ0v) is 21.9. The number of aryl methyl sites for hydroxylation is 2. The van der Waals surface area contributed by atoms with Crippen molar-refractivity contribution >= 4 is 33.6 Å². The number of aromatic nitrogens is 2. The fourth-order valence-electron chi connectivity index (χ4n) is 5.49. The topological polar surface area (TPSA) is 75.4 Å². The average Bonchev–Trinajstić information content (AvgIpc) is 3.01. The number of rotatable bonds is 5. The van der Waals surface area contributed by atoms with E-state index in [1.165, 1.54) is 16.7 Å². The minimum atomic E-state index is -0.356. The largest absolute Gasteiger partial charge is 0.351 e. The third-order valence-corrected chi connectivity index (χ3v) is 7.88. The SMILES string of the molecule is NC(=O)N(CCc1ccccn1)C1CCN(C2c3ccc(Cl)cc3CCc3cc(Br)cnc32)CC1. The highest BCUT2D eigenvalue weighted by atomic mass is 79.9. The lowest BCUT2D eigenvalue weighted by atomic mass is 9.93. The van der Waals surface area contributed by atoms with E-state index in [-0.39, 0.29) is 18.1 Å². The second-order valence-corrected chi connectivity index (χ2v) is 10.7. The lowest BCUT2D eigenvalue weighted by Crippen LogP contribution is -2.50. The van der Waals surface area contributed by atoms with Crippen LogP contribution >= 0.6 is 27.5 Å². The molecule has 2 aromatic heterocycles. The van der Waals surface area contributed by atoms with Crippen molar-refractivity contribution in [3.05, 3.63) is 92.4 Å². The number of benzene rings is 1. The van der Waals surface area contributed by atoms with Gasteiger partial charge in [0.2, 0.25) is 0 Å². The van der Waals surface area contributed by atoms with E-state index in [0.29, 0.717) is 13.0 Å². The number of carbonyl (C=O) groups is 1. The highest BCUT2D eigenvalue weighted by Crippen LogP contribution is 2.39. The Kier molecular flexibility index (Phi) is 7.37. The second kappa shape index (κ2) is 10.6. The molecule has 6 nitrogen and oxygen atoms in total. The van der Waals surface area contributed by atoms with Crippen LogP contribution in [-0.4, -0.2) is 51.5 Å². The molecule has 1 aliphatic carbocycles. The molecule has 1 unspecified atom stereocenters. The summed E-state index contributed by atoms with van der Waals surface area (Å²) in [6.45, 7) is 2.31. The first-order chi connectivity index (χ1) is 17.0. The first-order valence-electron chi connectivity index (χ1n) is 12.1. The molecule has 2 N–H and O–H groups in total. The predicted octanol–water partition coefficient (Wildman–Crippen LogP) is 5.17. The van der Waals surface area contributed by atoms with Gasteiger partial charge in [0, 0.05) is 59.7 Å². The average molecular weight is 555 g/mol. The molecule has 0 spiro atoms. The molecular weight excluding hydrogens is 526 g/mol. The maximum atomic E-state index is 12.3. The Morgan fingerprint density at radius 2 is 1.91 bits per heavy atom. The summed E-state index contributed by atoms with van der Waals surface area (Å²) in [7, 11) is 0. The van der Waals surface area contributed by atoms with Crippen LogP contribution in [0.5, 0.6) is 0 Å². The number of likely N-dealkylation sites (tertiary alicyclic amines) is 1. The van der Waals surface area contributed by atoms with Gasteiger partial charge < -0.3 is 10.6 Å². The van der Waals surface area contributed by atoms with Gasteiger partial charge in [-0.1, -0.05) is 23.7 Å². The zero-order chi connectivity index (χ0) is 24.4. The number of amides is 2. The van der Waals surface area contributed by atoms with Gasteiger partial charge in [0.25, 0.3) is 0 Å². The van der Waals surface area contributed by atoms with Crippen molar-refractivity contribution in [1.82, 2.24) is 19.8 Å². The number of halogens is 2. The monoisotopic (exact) mass is 553 g/mol. The number of piperidine rings is 1. The lowest BCUT2D eigenvalue weighted by molar-refractivity contribution is 0.108. The zero-order valence-electron chi connectivity index (χ0n) is 19.5. The molecule has 0 radical (unpaired) electrons. The normalized spacial score (nSPS) is 18.4. The molecule has 1 saturated heterocycles. The summed E-state index contributed by atoms with van der Waals surface area (Å²) < 4.78 is 1.00. The predicted molar refractivity (Wildman–Crippen MR) is 141 cm³/mol. The molecule has 2 aliphatic rings. The van der Waals surface area contributed by atoms with E-state index < -0.39 is 0 Å². The van der Waals surface area contributed by atoms with Crippen LogP contribution in [0.4, 0.5) is 4.79 Å². The molecule has 2 amide bonds. The van der Waals surface area contributed by atoms with Crippen molar-refractivity contribution < 1.29 is 4.79 Å². The van der Waals surface area contributed by atoms with Gasteiger partial charge in [-0.05, 0) is 88.6 Å². The molecule has 182 valence electrons. The van der Waals surface area contributed by atoms with Gasteiger partial charge in [-0.3, -0.25) is 14.9 Å². The molecule has 0 bridgehead atoms. The Morgan fingerprint density at radius 1 is 1.11 bits per heavy atom. The number of fused-ring (bicyclic) bond motifs is 2. The molecule has 8 heteroatoms. The number of hydrogen-bond donors (Lipinski definition) is 1. The number of nitrogens with zero attached hydrogens (tertiary/aromatic N) is 4. The number of pyridine rings is 2. The van der Waals surface area contributed by atoms with Crippen LogP contribution in [0.25, 0.3) is 0 Å². The molecule has 35 heavy (non-hydrogen) atoms. The van der Waals surface area contributed by atoms with Crippen molar-refractivity contribution in [2.75, 3.05) is 19.6 Å².